The zero-order valence-corrected chi connectivity index (χ0v) is 12.5. The first kappa shape index (κ1) is 13.8. The molecule has 2 saturated heterocycles. The highest BCUT2D eigenvalue weighted by Gasteiger charge is 2.33. The third kappa shape index (κ3) is 2.93. The average molecular weight is 296 g/mol. The number of hydrogen-bond donors (Lipinski definition) is 0. The van der Waals surface area contributed by atoms with Gasteiger partial charge in [0, 0.05) is 44.6 Å². The number of anilines is 1. The van der Waals surface area contributed by atoms with Gasteiger partial charge in [0.2, 0.25) is 5.95 Å². The van der Waals surface area contributed by atoms with Gasteiger partial charge in [0.1, 0.15) is 0 Å². The molecule has 7 heteroatoms. The minimum Gasteiger partial charge on any atom is -0.338 e. The molecule has 1 atom stereocenters. The van der Waals surface area contributed by atoms with Crippen molar-refractivity contribution in [3.05, 3.63) is 18.0 Å². The first-order valence-electron chi connectivity index (χ1n) is 7.01. The summed E-state index contributed by atoms with van der Waals surface area (Å²) in [6.45, 7) is 5.47. The number of piperazine rings is 1. The van der Waals surface area contributed by atoms with Crippen molar-refractivity contribution in [2.24, 2.45) is 0 Å². The maximum Gasteiger partial charge on any atom is 0.225 e. The molecule has 0 aliphatic carbocycles. The van der Waals surface area contributed by atoms with Crippen LogP contribution in [-0.2, 0) is 9.84 Å². The third-order valence-corrected chi connectivity index (χ3v) is 5.84. The Morgan fingerprint density at radius 1 is 1.15 bits per heavy atom. The van der Waals surface area contributed by atoms with E-state index in [4.69, 9.17) is 0 Å². The summed E-state index contributed by atoms with van der Waals surface area (Å²) in [5.74, 6) is 1.45. The Balaban J connectivity index is 1.58. The first-order valence-corrected chi connectivity index (χ1v) is 8.84. The van der Waals surface area contributed by atoms with Crippen LogP contribution in [0.3, 0.4) is 0 Å². The molecule has 1 aromatic rings. The van der Waals surface area contributed by atoms with Gasteiger partial charge in [-0.1, -0.05) is 0 Å². The van der Waals surface area contributed by atoms with Crippen LogP contribution in [0.5, 0.6) is 0 Å². The lowest BCUT2D eigenvalue weighted by Gasteiger charge is -2.37. The quantitative estimate of drug-likeness (QED) is 0.771. The van der Waals surface area contributed by atoms with E-state index in [1.807, 2.05) is 19.3 Å². The fourth-order valence-corrected chi connectivity index (χ4v) is 4.66. The summed E-state index contributed by atoms with van der Waals surface area (Å²) in [7, 11) is -2.80. The van der Waals surface area contributed by atoms with Gasteiger partial charge in [0.25, 0.3) is 0 Å². The Labute approximate surface area is 119 Å². The molecule has 0 amide bonds. The van der Waals surface area contributed by atoms with Gasteiger partial charge in [-0.25, -0.2) is 18.4 Å². The normalized spacial score (nSPS) is 26.9. The summed E-state index contributed by atoms with van der Waals surface area (Å²) in [4.78, 5) is 13.2. The Hall–Kier alpha value is -1.21. The fraction of sp³-hybridized carbons (Fsp3) is 0.692. The van der Waals surface area contributed by atoms with Crippen LogP contribution in [0.2, 0.25) is 0 Å². The minimum atomic E-state index is -2.80. The van der Waals surface area contributed by atoms with Crippen molar-refractivity contribution in [3.8, 4) is 0 Å². The van der Waals surface area contributed by atoms with Gasteiger partial charge in [-0.3, -0.25) is 4.90 Å². The van der Waals surface area contributed by atoms with Crippen LogP contribution in [0, 0.1) is 6.92 Å². The fourth-order valence-electron chi connectivity index (χ4n) is 2.90. The molecule has 0 N–H and O–H groups in total. The van der Waals surface area contributed by atoms with Gasteiger partial charge in [0.05, 0.1) is 11.5 Å². The highest BCUT2D eigenvalue weighted by molar-refractivity contribution is 7.91. The molecule has 0 aromatic carbocycles. The molecule has 2 fully saturated rings. The van der Waals surface area contributed by atoms with Crippen LogP contribution in [0.1, 0.15) is 12.0 Å². The lowest BCUT2D eigenvalue weighted by atomic mass is 10.2. The molecule has 110 valence electrons. The monoisotopic (exact) mass is 296 g/mol. The summed E-state index contributed by atoms with van der Waals surface area (Å²) in [5.41, 5.74) is 1.06. The average Bonchev–Trinajstić information content (AvgIpc) is 2.80. The van der Waals surface area contributed by atoms with Gasteiger partial charge in [0.15, 0.2) is 9.84 Å². The zero-order valence-electron chi connectivity index (χ0n) is 11.7. The molecule has 0 bridgehead atoms. The predicted octanol–water partition coefficient (Wildman–Crippen LogP) is 0.0941. The maximum absolute atomic E-state index is 11.5. The van der Waals surface area contributed by atoms with E-state index < -0.39 is 9.84 Å². The van der Waals surface area contributed by atoms with Crippen LogP contribution < -0.4 is 4.90 Å². The van der Waals surface area contributed by atoms with Crippen LogP contribution in [0.15, 0.2) is 12.4 Å². The number of nitrogens with zero attached hydrogens (tertiary/aromatic N) is 4. The molecular formula is C13H20N4O2S. The molecule has 0 radical (unpaired) electrons. The standard InChI is InChI=1S/C13H20N4O2S/c1-11-8-14-13(15-9-11)17-5-3-16(4-6-17)12-2-7-20(18,19)10-12/h8-9,12H,2-7,10H2,1H3. The molecule has 0 spiro atoms. The van der Waals surface area contributed by atoms with Gasteiger partial charge >= 0.3 is 0 Å². The zero-order chi connectivity index (χ0) is 14.2. The van der Waals surface area contributed by atoms with Gasteiger partial charge < -0.3 is 4.90 Å². The number of sulfone groups is 1. The van der Waals surface area contributed by atoms with Crippen LogP contribution >= 0.6 is 0 Å². The van der Waals surface area contributed by atoms with Crippen molar-refractivity contribution in [3.63, 3.8) is 0 Å². The highest BCUT2D eigenvalue weighted by atomic mass is 32.2. The summed E-state index contributed by atoms with van der Waals surface area (Å²) in [6.07, 6.45) is 4.44. The third-order valence-electron chi connectivity index (χ3n) is 4.09. The summed E-state index contributed by atoms with van der Waals surface area (Å²) in [6, 6.07) is 0.209. The van der Waals surface area contributed by atoms with Crippen molar-refractivity contribution >= 4 is 15.8 Å². The van der Waals surface area contributed by atoms with Crippen molar-refractivity contribution in [2.75, 3.05) is 42.6 Å². The second-order valence-electron chi connectivity index (χ2n) is 5.64. The van der Waals surface area contributed by atoms with E-state index in [-0.39, 0.29) is 6.04 Å². The summed E-state index contributed by atoms with van der Waals surface area (Å²) < 4.78 is 23.1. The van der Waals surface area contributed by atoms with Gasteiger partial charge in [-0.2, -0.15) is 0 Å². The highest BCUT2D eigenvalue weighted by Crippen LogP contribution is 2.20. The van der Waals surface area contributed by atoms with E-state index in [1.165, 1.54) is 0 Å². The van der Waals surface area contributed by atoms with E-state index in [2.05, 4.69) is 19.8 Å². The largest absolute Gasteiger partial charge is 0.338 e. The molecule has 1 aromatic heterocycles. The second kappa shape index (κ2) is 5.29. The molecule has 0 saturated carbocycles. The Morgan fingerprint density at radius 2 is 1.80 bits per heavy atom. The van der Waals surface area contributed by atoms with Crippen molar-refractivity contribution < 1.29 is 8.42 Å². The summed E-state index contributed by atoms with van der Waals surface area (Å²) in [5, 5.41) is 0. The lowest BCUT2D eigenvalue weighted by Crippen LogP contribution is -2.51. The molecule has 3 rings (SSSR count). The van der Waals surface area contributed by atoms with Crippen LogP contribution in [0.4, 0.5) is 5.95 Å². The minimum absolute atomic E-state index is 0.209. The number of aryl methyl sites for hydroxylation is 1. The van der Waals surface area contributed by atoms with Crippen LogP contribution in [-0.4, -0.2) is 67.0 Å². The van der Waals surface area contributed by atoms with Crippen molar-refractivity contribution in [2.45, 2.75) is 19.4 Å². The van der Waals surface area contributed by atoms with Crippen molar-refractivity contribution in [1.29, 1.82) is 0 Å². The number of aromatic nitrogens is 2. The lowest BCUT2D eigenvalue weighted by molar-refractivity contribution is 0.200. The second-order valence-corrected chi connectivity index (χ2v) is 7.87. The van der Waals surface area contributed by atoms with Gasteiger partial charge in [-0.15, -0.1) is 0 Å². The van der Waals surface area contributed by atoms with Crippen molar-refractivity contribution in [1.82, 2.24) is 14.9 Å². The van der Waals surface area contributed by atoms with Gasteiger partial charge in [-0.05, 0) is 18.9 Å². The Morgan fingerprint density at radius 3 is 2.35 bits per heavy atom. The molecule has 20 heavy (non-hydrogen) atoms. The molecule has 2 aliphatic rings. The Bertz CT molecular complexity index is 565. The predicted molar refractivity (Wildman–Crippen MR) is 77.6 cm³/mol. The molecule has 6 nitrogen and oxygen atoms in total. The molecule has 1 unspecified atom stereocenters. The topological polar surface area (TPSA) is 66.4 Å². The summed E-state index contributed by atoms with van der Waals surface area (Å²) >= 11 is 0. The SMILES string of the molecule is Cc1cnc(N2CCN(C3CCS(=O)(=O)C3)CC2)nc1. The van der Waals surface area contributed by atoms with Crippen LogP contribution in [0.25, 0.3) is 0 Å². The molecule has 3 heterocycles. The van der Waals surface area contributed by atoms with E-state index in [0.717, 1.165) is 44.1 Å². The number of rotatable bonds is 2. The maximum atomic E-state index is 11.5. The molecular weight excluding hydrogens is 276 g/mol. The van der Waals surface area contributed by atoms with E-state index >= 15 is 0 Å². The molecule has 2 aliphatic heterocycles. The van der Waals surface area contributed by atoms with E-state index in [9.17, 15) is 8.42 Å². The smallest absolute Gasteiger partial charge is 0.225 e. The van der Waals surface area contributed by atoms with E-state index in [0.29, 0.717) is 11.5 Å². The first-order chi connectivity index (χ1) is 9.53. The number of hydrogen-bond acceptors (Lipinski definition) is 6. The van der Waals surface area contributed by atoms with E-state index in [1.54, 1.807) is 0 Å². The Kier molecular flexibility index (Phi) is 3.64.